The molecule has 0 radical (unpaired) electrons. The van der Waals surface area contributed by atoms with Crippen LogP contribution >= 0.6 is 19.6 Å². The summed E-state index contributed by atoms with van der Waals surface area (Å²) in [6.45, 7) is 0. The maximum Gasteiger partial charge on any atom is 0.113 e. The van der Waals surface area contributed by atoms with E-state index in [4.69, 9.17) is 8.75 Å². The van der Waals surface area contributed by atoms with E-state index in [0.717, 1.165) is 39.2 Å². The Morgan fingerprint density at radius 1 is 0.439 bits per heavy atom. The predicted molar refractivity (Wildman–Crippen MR) is 176 cm³/mol. The fraction of sp³-hybridized carbons (Fsp3) is 0. The second-order valence-corrected chi connectivity index (χ2v) is 12.4. The van der Waals surface area contributed by atoms with Gasteiger partial charge in [-0.1, -0.05) is 121 Å². The first kappa shape index (κ1) is 25.3. The molecule has 3 nitrogen and oxygen atoms in total. The summed E-state index contributed by atoms with van der Waals surface area (Å²) in [4.78, 5) is 2.28. The minimum Gasteiger partial charge on any atom is -0.311 e. The Morgan fingerprint density at radius 3 is 1.44 bits per heavy atom. The summed E-state index contributed by atoms with van der Waals surface area (Å²) in [5.74, 6) is 0. The van der Waals surface area contributed by atoms with Crippen molar-refractivity contribution in [2.75, 3.05) is 4.90 Å². The minimum atomic E-state index is -0.769. The molecule has 0 spiro atoms. The van der Waals surface area contributed by atoms with Gasteiger partial charge >= 0.3 is 0 Å². The number of benzene rings is 6. The number of aromatic nitrogens is 2. The smallest absolute Gasteiger partial charge is 0.113 e. The lowest BCUT2D eigenvalue weighted by molar-refractivity contribution is 1.28. The van der Waals surface area contributed by atoms with Crippen LogP contribution in [0.5, 0.6) is 0 Å². The number of para-hydroxylation sites is 2. The molecule has 7 rings (SSSR count). The maximum atomic E-state index is 4.84. The van der Waals surface area contributed by atoms with Crippen molar-refractivity contribution in [1.82, 2.24) is 8.75 Å². The number of fused-ring (bicyclic) bond motifs is 1. The number of hydrogen-bond donors (Lipinski definition) is 0. The molecule has 1 heterocycles. The van der Waals surface area contributed by atoms with Crippen molar-refractivity contribution in [3.05, 3.63) is 158 Å². The Kier molecular flexibility index (Phi) is 7.09. The highest BCUT2D eigenvalue weighted by Gasteiger charge is 2.22. The quantitative estimate of drug-likeness (QED) is 0.182. The molecule has 0 atom stereocenters. The normalized spacial score (nSPS) is 11.1. The third kappa shape index (κ3) is 5.04. The van der Waals surface area contributed by atoms with Crippen LogP contribution in [0.15, 0.2) is 158 Å². The molecule has 0 aliphatic heterocycles. The van der Waals surface area contributed by atoms with Gasteiger partial charge in [0.05, 0.1) is 11.7 Å². The topological polar surface area (TPSA) is 29.0 Å². The van der Waals surface area contributed by atoms with Gasteiger partial charge in [0.1, 0.15) is 11.0 Å². The average molecular weight is 564 g/mol. The van der Waals surface area contributed by atoms with Gasteiger partial charge in [0.15, 0.2) is 0 Å². The van der Waals surface area contributed by atoms with Crippen LogP contribution < -0.4 is 20.8 Å². The summed E-state index contributed by atoms with van der Waals surface area (Å²) >= 11 is 1.29. The predicted octanol–water partition coefficient (Wildman–Crippen LogP) is 8.59. The lowest BCUT2D eigenvalue weighted by atomic mass is 10.0. The summed E-state index contributed by atoms with van der Waals surface area (Å²) in [6, 6.07) is 55.7. The van der Waals surface area contributed by atoms with Crippen molar-refractivity contribution >= 4 is 63.7 Å². The van der Waals surface area contributed by atoms with E-state index in [0.29, 0.717) is 0 Å². The van der Waals surface area contributed by atoms with Crippen LogP contribution in [0.1, 0.15) is 0 Å². The molecule has 196 valence electrons. The van der Waals surface area contributed by atoms with Crippen molar-refractivity contribution in [3.63, 3.8) is 0 Å². The van der Waals surface area contributed by atoms with Gasteiger partial charge < -0.3 is 4.90 Å². The van der Waals surface area contributed by atoms with Gasteiger partial charge in [-0.05, 0) is 60.5 Å². The number of anilines is 3. The Labute approximate surface area is 245 Å². The largest absolute Gasteiger partial charge is 0.311 e. The zero-order valence-electron chi connectivity index (χ0n) is 22.2. The molecule has 0 saturated heterocycles. The van der Waals surface area contributed by atoms with Crippen LogP contribution in [0.4, 0.5) is 17.1 Å². The molecule has 0 aliphatic carbocycles. The van der Waals surface area contributed by atoms with E-state index in [1.165, 1.54) is 27.6 Å². The zero-order valence-corrected chi connectivity index (χ0v) is 23.9. The Balaban J connectivity index is 1.30. The Morgan fingerprint density at radius 2 is 0.902 bits per heavy atom. The lowest BCUT2D eigenvalue weighted by Gasteiger charge is -2.25. The fourth-order valence-corrected chi connectivity index (χ4v) is 8.27. The molecule has 6 aromatic carbocycles. The van der Waals surface area contributed by atoms with E-state index >= 15 is 0 Å². The highest BCUT2D eigenvalue weighted by molar-refractivity contribution is 7.80. The molecule has 41 heavy (non-hydrogen) atoms. The van der Waals surface area contributed by atoms with Crippen LogP contribution in [0.3, 0.4) is 0 Å². The van der Waals surface area contributed by atoms with Gasteiger partial charge in [-0.15, -0.1) is 0 Å². The van der Waals surface area contributed by atoms with Gasteiger partial charge in [0.25, 0.3) is 0 Å². The third-order valence-electron chi connectivity index (χ3n) is 7.13. The lowest BCUT2D eigenvalue weighted by Crippen LogP contribution is -2.21. The van der Waals surface area contributed by atoms with Gasteiger partial charge in [-0.3, -0.25) is 0 Å². The van der Waals surface area contributed by atoms with Crippen molar-refractivity contribution in [1.29, 1.82) is 0 Å². The van der Waals surface area contributed by atoms with Gasteiger partial charge in [-0.2, -0.15) is 8.75 Å². The molecule has 0 bridgehead atoms. The van der Waals surface area contributed by atoms with Gasteiger partial charge in [-0.25, -0.2) is 0 Å². The molecule has 0 N–H and O–H groups in total. The van der Waals surface area contributed by atoms with Crippen molar-refractivity contribution in [2.24, 2.45) is 0 Å². The van der Waals surface area contributed by atoms with Crippen LogP contribution in [-0.4, -0.2) is 8.75 Å². The molecule has 0 saturated carbocycles. The van der Waals surface area contributed by atoms with E-state index in [9.17, 15) is 0 Å². The number of rotatable bonds is 7. The summed E-state index contributed by atoms with van der Waals surface area (Å²) < 4.78 is 9.65. The third-order valence-corrected chi connectivity index (χ3v) is 10.1. The van der Waals surface area contributed by atoms with Crippen molar-refractivity contribution in [2.45, 2.75) is 0 Å². The Bertz CT molecular complexity index is 1800. The van der Waals surface area contributed by atoms with Crippen LogP contribution in [-0.2, 0) is 0 Å². The first-order valence-corrected chi connectivity index (χ1v) is 15.6. The first-order valence-electron chi connectivity index (χ1n) is 13.5. The van der Waals surface area contributed by atoms with E-state index in [1.54, 1.807) is 0 Å². The summed E-state index contributed by atoms with van der Waals surface area (Å²) in [5.41, 5.74) is 7.53. The molecule has 0 amide bonds. The molecule has 0 aliphatic rings. The van der Waals surface area contributed by atoms with Crippen LogP contribution in [0, 0.1) is 0 Å². The number of nitrogens with zero attached hydrogens (tertiary/aromatic N) is 3. The summed E-state index contributed by atoms with van der Waals surface area (Å²) in [7, 11) is -0.769. The first-order chi connectivity index (χ1) is 20.4. The van der Waals surface area contributed by atoms with E-state index in [1.807, 2.05) is 12.1 Å². The summed E-state index contributed by atoms with van der Waals surface area (Å²) in [6.07, 6.45) is 0. The molecular formula is C36H26N3PS. The monoisotopic (exact) mass is 563 g/mol. The number of hydrogen-bond acceptors (Lipinski definition) is 4. The van der Waals surface area contributed by atoms with E-state index in [2.05, 4.69) is 150 Å². The maximum absolute atomic E-state index is 4.84. The average Bonchev–Trinajstić information content (AvgIpc) is 3.55. The van der Waals surface area contributed by atoms with Crippen molar-refractivity contribution in [3.8, 4) is 11.1 Å². The molecule has 7 aromatic rings. The van der Waals surface area contributed by atoms with E-state index in [-0.39, 0.29) is 0 Å². The Hall–Kier alpha value is -4.63. The second kappa shape index (κ2) is 11.5. The summed E-state index contributed by atoms with van der Waals surface area (Å²) in [5, 5.41) is 3.85. The van der Waals surface area contributed by atoms with Gasteiger partial charge in [0, 0.05) is 27.9 Å². The molecule has 5 heteroatoms. The fourth-order valence-electron chi connectivity index (χ4n) is 5.24. The highest BCUT2D eigenvalue weighted by atomic mass is 32.1. The molecule has 0 fully saturated rings. The molecular weight excluding hydrogens is 537 g/mol. The van der Waals surface area contributed by atoms with Crippen LogP contribution in [0.2, 0.25) is 0 Å². The zero-order chi connectivity index (χ0) is 27.4. The SMILES string of the molecule is c1ccc(N(c2ccccc2)c2ccc(-c3ccc(P(c4ccccc4)c4ccccc4)c4nsnc34)cc2)cc1. The van der Waals surface area contributed by atoms with Crippen molar-refractivity contribution < 1.29 is 0 Å². The molecule has 1 aromatic heterocycles. The van der Waals surface area contributed by atoms with E-state index < -0.39 is 7.92 Å². The van der Waals surface area contributed by atoms with Gasteiger partial charge in [0.2, 0.25) is 0 Å². The second-order valence-electron chi connectivity index (χ2n) is 9.65. The van der Waals surface area contributed by atoms with Crippen LogP contribution in [0.25, 0.3) is 22.2 Å². The minimum absolute atomic E-state index is 0.769. The highest BCUT2D eigenvalue weighted by Crippen LogP contribution is 2.39. The standard InChI is InChI=1S/C36H26N3PS/c1-5-13-28(14-6-1)39(29-15-7-2-8-16-29)30-23-21-27(22-24-30)33-25-26-34(36-35(33)37-41-38-36)40(31-17-9-3-10-18-31)32-19-11-4-12-20-32/h1-26H. The molecule has 0 unspecified atom stereocenters.